The Hall–Kier alpha value is -2.56. The lowest BCUT2D eigenvalue weighted by Crippen LogP contribution is -1.96. The van der Waals surface area contributed by atoms with Crippen molar-refractivity contribution in [2.45, 2.75) is 0 Å². The van der Waals surface area contributed by atoms with Crippen LogP contribution in [0.4, 0.5) is 0 Å². The Morgan fingerprint density at radius 1 is 1.11 bits per heavy atom. The summed E-state index contributed by atoms with van der Waals surface area (Å²) < 4.78 is 12.1. The molecule has 0 aliphatic rings. The summed E-state index contributed by atoms with van der Waals surface area (Å²) >= 11 is 0. The van der Waals surface area contributed by atoms with E-state index in [0.717, 1.165) is 17.0 Å². The molecule has 95 valence electrons. The second-order valence-electron chi connectivity index (χ2n) is 3.95. The van der Waals surface area contributed by atoms with Crippen molar-refractivity contribution in [2.24, 2.45) is 0 Å². The van der Waals surface area contributed by atoms with Crippen molar-refractivity contribution in [1.82, 2.24) is 14.5 Å². The average molecular weight is 254 g/mol. The number of benzene rings is 1. The normalized spacial score (nSPS) is 10.6. The number of pyridine rings is 1. The molecule has 1 aromatic carbocycles. The molecule has 0 bridgehead atoms. The molecule has 0 unspecified atom stereocenters. The van der Waals surface area contributed by atoms with Crippen LogP contribution in [0.15, 0.2) is 36.4 Å². The standard InChI is InChI=1S/C14H12N3O2/c1-18-11-5-3-4-10(8-11)17-9-15-12-6-7-13(19-2)16-14(12)17/h3-8H,1-2H3. The van der Waals surface area contributed by atoms with Gasteiger partial charge in [-0.25, -0.2) is 4.98 Å². The molecule has 3 aromatic rings. The maximum absolute atomic E-state index is 5.22. The summed E-state index contributed by atoms with van der Waals surface area (Å²) in [7, 11) is 3.22. The minimum absolute atomic E-state index is 0.547. The molecule has 0 fully saturated rings. The highest BCUT2D eigenvalue weighted by Gasteiger charge is 2.08. The largest absolute Gasteiger partial charge is 0.497 e. The highest BCUT2D eigenvalue weighted by atomic mass is 16.5. The lowest BCUT2D eigenvalue weighted by molar-refractivity contribution is 0.399. The van der Waals surface area contributed by atoms with Gasteiger partial charge in [0.15, 0.2) is 12.0 Å². The van der Waals surface area contributed by atoms with Crippen molar-refractivity contribution in [3.8, 4) is 17.3 Å². The molecule has 0 aliphatic heterocycles. The van der Waals surface area contributed by atoms with Gasteiger partial charge in [0.05, 0.1) is 19.9 Å². The molecule has 0 aliphatic carbocycles. The van der Waals surface area contributed by atoms with Crippen LogP contribution in [0.25, 0.3) is 16.9 Å². The fourth-order valence-corrected chi connectivity index (χ4v) is 1.87. The molecule has 0 saturated heterocycles. The van der Waals surface area contributed by atoms with Crippen molar-refractivity contribution in [1.29, 1.82) is 0 Å². The van der Waals surface area contributed by atoms with Crippen LogP contribution in [-0.2, 0) is 0 Å². The fourth-order valence-electron chi connectivity index (χ4n) is 1.87. The average Bonchev–Trinajstić information content (AvgIpc) is 2.90. The molecular formula is C14H12N3O2. The van der Waals surface area contributed by atoms with Crippen LogP contribution < -0.4 is 9.47 Å². The van der Waals surface area contributed by atoms with E-state index in [4.69, 9.17) is 9.47 Å². The Morgan fingerprint density at radius 2 is 2.00 bits per heavy atom. The first-order valence-electron chi connectivity index (χ1n) is 5.77. The van der Waals surface area contributed by atoms with Gasteiger partial charge in [0.2, 0.25) is 5.88 Å². The van der Waals surface area contributed by atoms with Gasteiger partial charge in [0.25, 0.3) is 0 Å². The Bertz CT molecular complexity index is 722. The number of nitrogens with zero attached hydrogens (tertiary/aromatic N) is 3. The molecule has 2 aromatic heterocycles. The maximum Gasteiger partial charge on any atom is 0.215 e. The van der Waals surface area contributed by atoms with Gasteiger partial charge in [-0.15, -0.1) is 0 Å². The Labute approximate surface area is 110 Å². The van der Waals surface area contributed by atoms with E-state index >= 15 is 0 Å². The lowest BCUT2D eigenvalue weighted by Gasteiger charge is -2.06. The Morgan fingerprint density at radius 3 is 2.79 bits per heavy atom. The van der Waals surface area contributed by atoms with E-state index in [1.54, 1.807) is 24.9 Å². The predicted molar refractivity (Wildman–Crippen MR) is 70.8 cm³/mol. The monoisotopic (exact) mass is 254 g/mol. The molecule has 5 nitrogen and oxygen atoms in total. The fraction of sp³-hybridized carbons (Fsp3) is 0.143. The summed E-state index contributed by atoms with van der Waals surface area (Å²) in [4.78, 5) is 8.60. The number of methoxy groups -OCH3 is 2. The number of rotatable bonds is 3. The molecule has 0 atom stereocenters. The second-order valence-corrected chi connectivity index (χ2v) is 3.95. The van der Waals surface area contributed by atoms with E-state index in [1.165, 1.54) is 0 Å². The third-order valence-corrected chi connectivity index (χ3v) is 2.83. The Balaban J connectivity index is 2.18. The van der Waals surface area contributed by atoms with Gasteiger partial charge in [-0.3, -0.25) is 4.57 Å². The van der Waals surface area contributed by atoms with Crippen LogP contribution in [0, 0.1) is 6.33 Å². The van der Waals surface area contributed by atoms with Crippen molar-refractivity contribution in [3.05, 3.63) is 42.7 Å². The highest BCUT2D eigenvalue weighted by Crippen LogP contribution is 2.21. The first-order valence-corrected chi connectivity index (χ1v) is 5.77. The van der Waals surface area contributed by atoms with Gasteiger partial charge in [-0.1, -0.05) is 6.07 Å². The van der Waals surface area contributed by atoms with Crippen LogP contribution in [-0.4, -0.2) is 28.8 Å². The summed E-state index contributed by atoms with van der Waals surface area (Å²) in [6.07, 6.45) is 2.93. The van der Waals surface area contributed by atoms with Crippen LogP contribution in [0.1, 0.15) is 0 Å². The van der Waals surface area contributed by atoms with Crippen molar-refractivity contribution in [2.75, 3.05) is 14.2 Å². The van der Waals surface area contributed by atoms with Gasteiger partial charge < -0.3 is 9.47 Å². The minimum atomic E-state index is 0.547. The minimum Gasteiger partial charge on any atom is -0.497 e. The summed E-state index contributed by atoms with van der Waals surface area (Å²) in [5.41, 5.74) is 2.36. The molecule has 0 saturated carbocycles. The van der Waals surface area contributed by atoms with Crippen LogP contribution >= 0.6 is 0 Å². The smallest absolute Gasteiger partial charge is 0.215 e. The van der Waals surface area contributed by atoms with E-state index in [0.29, 0.717) is 11.5 Å². The number of imidazole rings is 1. The number of hydrogen-bond acceptors (Lipinski definition) is 4. The predicted octanol–water partition coefficient (Wildman–Crippen LogP) is 2.24. The van der Waals surface area contributed by atoms with Gasteiger partial charge in [-0.05, 0) is 18.2 Å². The van der Waals surface area contributed by atoms with E-state index in [1.807, 2.05) is 30.3 Å². The number of ether oxygens (including phenoxy) is 2. The van der Waals surface area contributed by atoms with Gasteiger partial charge in [0.1, 0.15) is 11.3 Å². The Kier molecular flexibility index (Phi) is 2.79. The van der Waals surface area contributed by atoms with Crippen molar-refractivity contribution < 1.29 is 9.47 Å². The summed E-state index contributed by atoms with van der Waals surface area (Å²) in [6, 6.07) is 11.3. The second kappa shape index (κ2) is 4.61. The number of aromatic nitrogens is 3. The van der Waals surface area contributed by atoms with Crippen molar-refractivity contribution >= 4 is 11.2 Å². The number of hydrogen-bond donors (Lipinski definition) is 0. The quantitative estimate of drug-likeness (QED) is 0.719. The van der Waals surface area contributed by atoms with E-state index in [-0.39, 0.29) is 0 Å². The first-order chi connectivity index (χ1) is 9.31. The molecule has 0 amide bonds. The zero-order valence-corrected chi connectivity index (χ0v) is 10.6. The molecule has 2 heterocycles. The lowest BCUT2D eigenvalue weighted by atomic mass is 10.3. The van der Waals surface area contributed by atoms with E-state index in [9.17, 15) is 0 Å². The topological polar surface area (TPSA) is 49.2 Å². The zero-order valence-electron chi connectivity index (χ0n) is 10.6. The first kappa shape index (κ1) is 11.5. The molecular weight excluding hydrogens is 242 g/mol. The van der Waals surface area contributed by atoms with Crippen molar-refractivity contribution in [3.63, 3.8) is 0 Å². The summed E-state index contributed by atoms with van der Waals surface area (Å²) in [5.74, 6) is 1.32. The number of fused-ring (bicyclic) bond motifs is 1. The third-order valence-electron chi connectivity index (χ3n) is 2.83. The van der Waals surface area contributed by atoms with Crippen LogP contribution in [0.2, 0.25) is 0 Å². The van der Waals surface area contributed by atoms with Gasteiger partial charge in [-0.2, -0.15) is 4.98 Å². The molecule has 0 spiro atoms. The highest BCUT2D eigenvalue weighted by molar-refractivity contribution is 5.73. The molecule has 0 N–H and O–H groups in total. The van der Waals surface area contributed by atoms with Crippen LogP contribution in [0.3, 0.4) is 0 Å². The van der Waals surface area contributed by atoms with Crippen LogP contribution in [0.5, 0.6) is 11.6 Å². The SMILES string of the molecule is COc1cccc(-n2[c]nc3ccc(OC)nc32)c1. The van der Waals surface area contributed by atoms with E-state index in [2.05, 4.69) is 16.3 Å². The zero-order chi connectivity index (χ0) is 13.2. The molecule has 1 radical (unpaired) electrons. The molecule has 5 heteroatoms. The third kappa shape index (κ3) is 1.99. The van der Waals surface area contributed by atoms with Gasteiger partial charge in [0, 0.05) is 12.1 Å². The summed E-state index contributed by atoms with van der Waals surface area (Å²) in [6.45, 7) is 0. The maximum atomic E-state index is 5.22. The van der Waals surface area contributed by atoms with E-state index < -0.39 is 0 Å². The molecule has 19 heavy (non-hydrogen) atoms. The molecule has 3 rings (SSSR count). The van der Waals surface area contributed by atoms with Gasteiger partial charge >= 0.3 is 0 Å². The summed E-state index contributed by atoms with van der Waals surface area (Å²) in [5, 5.41) is 0.